The predicted molar refractivity (Wildman–Crippen MR) is 89.1 cm³/mol. The molecule has 0 saturated carbocycles. The lowest BCUT2D eigenvalue weighted by atomic mass is 10.1. The van der Waals surface area contributed by atoms with Crippen LogP contribution in [0.5, 0.6) is 0 Å². The van der Waals surface area contributed by atoms with E-state index in [-0.39, 0.29) is 23.9 Å². The summed E-state index contributed by atoms with van der Waals surface area (Å²) in [4.78, 5) is 24.4. The summed E-state index contributed by atoms with van der Waals surface area (Å²) < 4.78 is 24.3. The summed E-state index contributed by atoms with van der Waals surface area (Å²) in [5.74, 6) is -0.136. The van der Waals surface area contributed by atoms with Gasteiger partial charge in [-0.2, -0.15) is 0 Å². The minimum absolute atomic E-state index is 0.0875. The van der Waals surface area contributed by atoms with Crippen molar-refractivity contribution in [3.63, 3.8) is 0 Å². The maximum Gasteiger partial charge on any atom is 0.407 e. The van der Waals surface area contributed by atoms with Gasteiger partial charge in [0.2, 0.25) is 0 Å². The Bertz CT molecular complexity index is 669. The minimum atomic E-state index is -0.478. The number of nitrogens with one attached hydrogen (secondary N) is 2. The summed E-state index contributed by atoms with van der Waals surface area (Å²) >= 11 is 0. The van der Waals surface area contributed by atoms with Crippen LogP contribution >= 0.6 is 0 Å². The van der Waals surface area contributed by atoms with Crippen LogP contribution in [-0.2, 0) is 15.9 Å². The summed E-state index contributed by atoms with van der Waals surface area (Å²) in [6, 6.07) is 4.97. The number of cyclic esters (lactones) is 1. The van der Waals surface area contributed by atoms with Crippen molar-refractivity contribution in [1.82, 2.24) is 10.6 Å². The van der Waals surface area contributed by atoms with E-state index in [0.29, 0.717) is 31.7 Å². The number of benzene rings is 1. The van der Waals surface area contributed by atoms with Gasteiger partial charge in [-0.3, -0.25) is 0 Å². The van der Waals surface area contributed by atoms with Crippen LogP contribution < -0.4 is 15.5 Å². The second-order valence-corrected chi connectivity index (χ2v) is 6.52. The molecule has 0 bridgehead atoms. The third-order valence-corrected chi connectivity index (χ3v) is 4.66. The molecule has 8 heteroatoms. The number of carbonyl (C=O) groups excluding carboxylic acids is 2. The van der Waals surface area contributed by atoms with Crippen molar-refractivity contribution >= 4 is 17.9 Å². The highest BCUT2D eigenvalue weighted by molar-refractivity contribution is 5.69. The van der Waals surface area contributed by atoms with Crippen LogP contribution in [0.4, 0.5) is 19.7 Å². The van der Waals surface area contributed by atoms with Crippen molar-refractivity contribution in [3.8, 4) is 0 Å². The van der Waals surface area contributed by atoms with E-state index in [0.717, 1.165) is 5.56 Å². The Morgan fingerprint density at radius 3 is 2.92 bits per heavy atom. The summed E-state index contributed by atoms with van der Waals surface area (Å²) in [5.41, 5.74) is 1.28. The molecule has 2 aliphatic rings. The number of nitrogens with zero attached hydrogens (tertiary/aromatic N) is 1. The molecule has 0 aromatic heterocycles. The molecule has 0 aliphatic carbocycles. The van der Waals surface area contributed by atoms with Gasteiger partial charge in [0.1, 0.15) is 11.9 Å². The van der Waals surface area contributed by atoms with E-state index in [1.54, 1.807) is 6.07 Å². The number of hydrogen-bond donors (Lipinski definition) is 2. The zero-order valence-electron chi connectivity index (χ0n) is 14.3. The normalized spacial score (nSPS) is 25.5. The fraction of sp³-hybridized carbons (Fsp3) is 0.529. The first-order chi connectivity index (χ1) is 12.0. The largest absolute Gasteiger partial charge is 0.453 e. The second kappa shape index (κ2) is 7.16. The summed E-state index contributed by atoms with van der Waals surface area (Å²) in [7, 11) is 1.32. The van der Waals surface area contributed by atoms with E-state index >= 15 is 0 Å². The Morgan fingerprint density at radius 2 is 2.28 bits per heavy atom. The van der Waals surface area contributed by atoms with Crippen LogP contribution in [0.15, 0.2) is 18.2 Å². The zero-order valence-corrected chi connectivity index (χ0v) is 14.3. The average Bonchev–Trinajstić information content (AvgIpc) is 3.13. The highest BCUT2D eigenvalue weighted by atomic mass is 19.1. The van der Waals surface area contributed by atoms with Gasteiger partial charge in [0.05, 0.1) is 25.4 Å². The number of hydrogen-bond acceptors (Lipinski definition) is 5. The molecule has 3 unspecified atom stereocenters. The molecule has 1 aromatic carbocycles. The fourth-order valence-corrected chi connectivity index (χ4v) is 3.30. The van der Waals surface area contributed by atoms with Crippen molar-refractivity contribution in [2.75, 3.05) is 31.6 Å². The number of halogens is 1. The number of alkyl carbamates (subject to hydrolysis) is 2. The van der Waals surface area contributed by atoms with Crippen LogP contribution in [-0.4, -0.2) is 51.1 Å². The molecule has 7 nitrogen and oxygen atoms in total. The molecule has 3 rings (SSSR count). The minimum Gasteiger partial charge on any atom is -0.453 e. The first kappa shape index (κ1) is 17.3. The maximum absolute atomic E-state index is 14.6. The summed E-state index contributed by atoms with van der Waals surface area (Å²) in [5, 5.41) is 5.36. The van der Waals surface area contributed by atoms with Crippen LogP contribution in [0.2, 0.25) is 0 Å². The first-order valence-corrected chi connectivity index (χ1v) is 8.28. The molecule has 2 N–H and O–H groups in total. The van der Waals surface area contributed by atoms with Crippen LogP contribution in [0, 0.1) is 11.7 Å². The molecule has 136 valence electrons. The number of carbonyl (C=O) groups is 2. The van der Waals surface area contributed by atoms with Gasteiger partial charge in [-0.1, -0.05) is 13.0 Å². The van der Waals surface area contributed by atoms with Crippen molar-refractivity contribution in [1.29, 1.82) is 0 Å². The van der Waals surface area contributed by atoms with Gasteiger partial charge in [-0.05, 0) is 23.6 Å². The molecule has 0 radical (unpaired) electrons. The maximum atomic E-state index is 14.6. The second-order valence-electron chi connectivity index (χ2n) is 6.52. The van der Waals surface area contributed by atoms with Crippen LogP contribution in [0.1, 0.15) is 12.5 Å². The standard InChI is InChI=1S/C17H22FN3O4/c1-10-8-21(9-14(10)20-17(23)24-2)15-4-3-11(6-13(15)18)5-12-7-19-16(22)25-12/h3-4,6,10,12,14H,5,7-9H2,1-2H3,(H,19,22)(H,20,23). The zero-order chi connectivity index (χ0) is 18.0. The van der Waals surface area contributed by atoms with Gasteiger partial charge in [-0.25, -0.2) is 14.0 Å². The first-order valence-electron chi connectivity index (χ1n) is 8.28. The van der Waals surface area contributed by atoms with E-state index in [4.69, 9.17) is 4.74 Å². The molecule has 2 saturated heterocycles. The smallest absolute Gasteiger partial charge is 0.407 e. The predicted octanol–water partition coefficient (Wildman–Crippen LogP) is 1.66. The third kappa shape index (κ3) is 3.94. The molecule has 2 fully saturated rings. The number of methoxy groups -OCH3 is 1. The van der Waals surface area contributed by atoms with Crippen molar-refractivity contribution in [2.45, 2.75) is 25.5 Å². The lowest BCUT2D eigenvalue weighted by molar-refractivity contribution is 0.140. The van der Waals surface area contributed by atoms with E-state index < -0.39 is 12.2 Å². The molecule has 25 heavy (non-hydrogen) atoms. The highest BCUT2D eigenvalue weighted by Gasteiger charge is 2.32. The van der Waals surface area contributed by atoms with E-state index in [2.05, 4.69) is 15.4 Å². The Hall–Kier alpha value is -2.51. The molecular weight excluding hydrogens is 329 g/mol. The monoisotopic (exact) mass is 351 g/mol. The topological polar surface area (TPSA) is 79.9 Å². The molecular formula is C17H22FN3O4. The van der Waals surface area contributed by atoms with Gasteiger partial charge in [0.25, 0.3) is 0 Å². The number of anilines is 1. The van der Waals surface area contributed by atoms with E-state index in [1.807, 2.05) is 17.9 Å². The molecule has 2 amide bonds. The molecule has 0 spiro atoms. The Labute approximate surface area is 145 Å². The molecule has 2 heterocycles. The highest BCUT2D eigenvalue weighted by Crippen LogP contribution is 2.27. The van der Waals surface area contributed by atoms with E-state index in [1.165, 1.54) is 13.2 Å². The van der Waals surface area contributed by atoms with Crippen molar-refractivity contribution in [3.05, 3.63) is 29.6 Å². The average molecular weight is 351 g/mol. The SMILES string of the molecule is COC(=O)NC1CN(c2ccc(CC3CNC(=O)O3)cc2F)CC1C. The van der Waals surface area contributed by atoms with Gasteiger partial charge in [0.15, 0.2) is 0 Å². The van der Waals surface area contributed by atoms with Crippen LogP contribution in [0.3, 0.4) is 0 Å². The number of rotatable bonds is 4. The molecule has 1 aromatic rings. The summed E-state index contributed by atoms with van der Waals surface area (Å²) in [6.07, 6.45) is -0.705. The third-order valence-electron chi connectivity index (χ3n) is 4.66. The fourth-order valence-electron chi connectivity index (χ4n) is 3.30. The Kier molecular flexibility index (Phi) is 4.96. The number of amides is 2. The quantitative estimate of drug-likeness (QED) is 0.862. The molecule has 3 atom stereocenters. The summed E-state index contributed by atoms with van der Waals surface area (Å²) in [6.45, 7) is 3.62. The Morgan fingerprint density at radius 1 is 1.48 bits per heavy atom. The van der Waals surface area contributed by atoms with Crippen molar-refractivity contribution < 1.29 is 23.5 Å². The van der Waals surface area contributed by atoms with Gasteiger partial charge >= 0.3 is 12.2 Å². The van der Waals surface area contributed by atoms with Gasteiger partial charge in [0, 0.05) is 19.5 Å². The number of ether oxygens (including phenoxy) is 2. The lowest BCUT2D eigenvalue weighted by Crippen LogP contribution is -2.39. The van der Waals surface area contributed by atoms with E-state index in [9.17, 15) is 14.0 Å². The van der Waals surface area contributed by atoms with Gasteiger partial charge < -0.3 is 25.0 Å². The Balaban J connectivity index is 1.65. The molecule has 2 aliphatic heterocycles. The van der Waals surface area contributed by atoms with Crippen LogP contribution in [0.25, 0.3) is 0 Å². The van der Waals surface area contributed by atoms with Gasteiger partial charge in [-0.15, -0.1) is 0 Å². The van der Waals surface area contributed by atoms with Crippen molar-refractivity contribution in [2.24, 2.45) is 5.92 Å². The lowest BCUT2D eigenvalue weighted by Gasteiger charge is -2.20.